The highest BCUT2D eigenvalue weighted by Gasteiger charge is 2.61. The zero-order valence-corrected chi connectivity index (χ0v) is 35.6. The predicted octanol–water partition coefficient (Wildman–Crippen LogP) is 6.87. The molecule has 2 saturated carbocycles. The minimum absolute atomic E-state index is 0.0676. The number of aromatic amines is 2. The van der Waals surface area contributed by atoms with Crippen LogP contribution in [-0.2, 0) is 23.8 Å². The summed E-state index contributed by atoms with van der Waals surface area (Å²) in [6.07, 6.45) is 3.61. The SMILES string of the molecule is COC(=O)N[C@H](C(=O)N1[C@@H]2[C@H](C)[C@@H]2C[C@H]1c1nc2c(ccc3cc(-c4ccc(-c5cnc([C@@H]6[C@H]7CC[C@H](C7)N6C(=O)[C@@H](NC(=O)OC)[C@@H](C)OC)[nH]5)cc4)ccc32)[nH]1)C(C)C. The number of amides is 4. The van der Waals surface area contributed by atoms with Crippen molar-refractivity contribution in [3.05, 3.63) is 72.4 Å². The Balaban J connectivity index is 0.935. The zero-order valence-electron chi connectivity index (χ0n) is 35.6. The molecule has 4 fully saturated rings. The molecular formula is C46H54N8O7. The molecule has 2 saturated heterocycles. The first-order valence-electron chi connectivity index (χ1n) is 21.3. The van der Waals surface area contributed by atoms with Crippen molar-refractivity contribution >= 4 is 45.8 Å². The first-order valence-corrected chi connectivity index (χ1v) is 21.3. The lowest BCUT2D eigenvalue weighted by atomic mass is 9.97. The van der Waals surface area contributed by atoms with Gasteiger partial charge >= 0.3 is 12.2 Å². The van der Waals surface area contributed by atoms with E-state index in [1.165, 1.54) is 21.3 Å². The van der Waals surface area contributed by atoms with Crippen molar-refractivity contribution in [3.63, 3.8) is 0 Å². The summed E-state index contributed by atoms with van der Waals surface area (Å²) in [6.45, 7) is 7.80. The predicted molar refractivity (Wildman–Crippen MR) is 228 cm³/mol. The molecule has 10 atom stereocenters. The molecule has 9 rings (SSSR count). The molecule has 4 N–H and O–H groups in total. The Morgan fingerprint density at radius 2 is 1.48 bits per heavy atom. The number of hydrogen-bond donors (Lipinski definition) is 4. The van der Waals surface area contributed by atoms with Gasteiger partial charge in [-0.1, -0.05) is 63.2 Å². The van der Waals surface area contributed by atoms with Gasteiger partial charge in [0.2, 0.25) is 11.8 Å². The molecule has 320 valence electrons. The van der Waals surface area contributed by atoms with Crippen LogP contribution in [0, 0.1) is 23.7 Å². The first-order chi connectivity index (χ1) is 29.4. The van der Waals surface area contributed by atoms with Crippen LogP contribution in [0.2, 0.25) is 0 Å². The fourth-order valence-corrected chi connectivity index (χ4v) is 10.5. The normalized spacial score (nSPS) is 25.4. The van der Waals surface area contributed by atoms with Gasteiger partial charge in [-0.2, -0.15) is 0 Å². The molecule has 2 aliphatic heterocycles. The van der Waals surface area contributed by atoms with Gasteiger partial charge in [0.05, 0.1) is 55.3 Å². The molecule has 4 amide bonds. The van der Waals surface area contributed by atoms with E-state index in [0.29, 0.717) is 11.8 Å². The minimum atomic E-state index is -0.893. The fourth-order valence-electron chi connectivity index (χ4n) is 10.5. The van der Waals surface area contributed by atoms with Crippen LogP contribution in [0.5, 0.6) is 0 Å². The van der Waals surface area contributed by atoms with Crippen LogP contribution in [-0.4, -0.2) is 105 Å². The maximum absolute atomic E-state index is 14.1. The number of aromatic nitrogens is 4. The third kappa shape index (κ3) is 7.05. The Bertz CT molecular complexity index is 2500. The number of likely N-dealkylation sites (tertiary alicyclic amines) is 2. The number of benzene rings is 3. The molecule has 4 heterocycles. The van der Waals surface area contributed by atoms with E-state index in [9.17, 15) is 19.2 Å². The average molecular weight is 831 g/mol. The zero-order chi connectivity index (χ0) is 42.9. The highest BCUT2D eigenvalue weighted by atomic mass is 16.5. The molecular weight excluding hydrogens is 777 g/mol. The second kappa shape index (κ2) is 15.8. The van der Waals surface area contributed by atoms with Crippen molar-refractivity contribution in [2.45, 2.75) is 95.7 Å². The van der Waals surface area contributed by atoms with E-state index in [-0.39, 0.29) is 47.8 Å². The Morgan fingerprint density at radius 3 is 2.18 bits per heavy atom. The number of hydrogen-bond acceptors (Lipinski definition) is 9. The van der Waals surface area contributed by atoms with Crippen molar-refractivity contribution < 1.29 is 33.4 Å². The molecule has 3 aromatic carbocycles. The molecule has 0 unspecified atom stereocenters. The number of H-pyrrole nitrogens is 2. The smallest absolute Gasteiger partial charge is 0.407 e. The van der Waals surface area contributed by atoms with E-state index >= 15 is 0 Å². The summed E-state index contributed by atoms with van der Waals surface area (Å²) in [7, 11) is 4.10. The topological polar surface area (TPSA) is 184 Å². The molecule has 15 heteroatoms. The van der Waals surface area contributed by atoms with Gasteiger partial charge in [-0.05, 0) is 90.5 Å². The molecule has 2 aromatic heterocycles. The number of piperidine rings is 2. The number of carbonyl (C=O) groups is 4. The Hall–Kier alpha value is -5.96. The van der Waals surface area contributed by atoms with Crippen LogP contribution < -0.4 is 10.6 Å². The summed E-state index contributed by atoms with van der Waals surface area (Å²) in [5, 5.41) is 7.53. The van der Waals surface area contributed by atoms with Gasteiger partial charge in [-0.25, -0.2) is 19.6 Å². The molecule has 0 spiro atoms. The summed E-state index contributed by atoms with van der Waals surface area (Å²) < 4.78 is 15.2. The van der Waals surface area contributed by atoms with Gasteiger partial charge in [0.1, 0.15) is 23.7 Å². The minimum Gasteiger partial charge on any atom is -0.453 e. The van der Waals surface area contributed by atoms with E-state index in [0.717, 1.165) is 81.5 Å². The van der Waals surface area contributed by atoms with Gasteiger partial charge < -0.3 is 44.6 Å². The van der Waals surface area contributed by atoms with Crippen LogP contribution in [0.15, 0.2) is 60.8 Å². The van der Waals surface area contributed by atoms with Crippen molar-refractivity contribution in [1.29, 1.82) is 0 Å². The van der Waals surface area contributed by atoms with E-state index in [1.807, 2.05) is 29.8 Å². The third-order valence-electron chi connectivity index (χ3n) is 13.9. The number of ether oxygens (including phenoxy) is 3. The van der Waals surface area contributed by atoms with Crippen molar-refractivity contribution in [2.75, 3.05) is 21.3 Å². The second-order valence-electron chi connectivity index (χ2n) is 17.6. The van der Waals surface area contributed by atoms with Gasteiger partial charge in [0.15, 0.2) is 0 Å². The van der Waals surface area contributed by atoms with E-state index in [2.05, 4.69) is 82.1 Å². The lowest BCUT2D eigenvalue weighted by molar-refractivity contribution is -0.141. The van der Waals surface area contributed by atoms with Crippen molar-refractivity contribution in [1.82, 2.24) is 40.4 Å². The van der Waals surface area contributed by atoms with Crippen LogP contribution in [0.3, 0.4) is 0 Å². The quantitative estimate of drug-likeness (QED) is 0.110. The first kappa shape index (κ1) is 40.4. The number of carbonyl (C=O) groups excluding carboxylic acids is 4. The Morgan fingerprint density at radius 1 is 0.787 bits per heavy atom. The largest absolute Gasteiger partial charge is 0.453 e. The third-order valence-corrected chi connectivity index (χ3v) is 13.9. The van der Waals surface area contributed by atoms with E-state index in [1.54, 1.807) is 6.92 Å². The van der Waals surface area contributed by atoms with Gasteiger partial charge in [-0.3, -0.25) is 9.59 Å². The van der Waals surface area contributed by atoms with E-state index in [4.69, 9.17) is 24.2 Å². The Kier molecular flexibility index (Phi) is 10.5. The van der Waals surface area contributed by atoms with Gasteiger partial charge in [-0.15, -0.1) is 0 Å². The fraction of sp³-hybridized carbons (Fsp3) is 0.478. The van der Waals surface area contributed by atoms with Crippen molar-refractivity contribution in [2.24, 2.45) is 23.7 Å². The summed E-state index contributed by atoms with van der Waals surface area (Å²) in [5.74, 6) is 2.15. The molecule has 5 aromatic rings. The number of nitrogens with one attached hydrogen (secondary N) is 4. The lowest BCUT2D eigenvalue weighted by Gasteiger charge is -2.37. The Labute approximate surface area is 354 Å². The number of methoxy groups -OCH3 is 3. The van der Waals surface area contributed by atoms with Crippen LogP contribution in [0.4, 0.5) is 9.59 Å². The van der Waals surface area contributed by atoms with E-state index < -0.39 is 30.4 Å². The highest BCUT2D eigenvalue weighted by Crippen LogP contribution is 2.58. The molecule has 61 heavy (non-hydrogen) atoms. The van der Waals surface area contributed by atoms with Crippen LogP contribution in [0.1, 0.15) is 77.1 Å². The van der Waals surface area contributed by atoms with Gasteiger partial charge in [0.25, 0.3) is 0 Å². The van der Waals surface area contributed by atoms with Crippen LogP contribution in [0.25, 0.3) is 44.2 Å². The highest BCUT2D eigenvalue weighted by molar-refractivity contribution is 6.05. The standard InChI is InChI=1S/C46H54N8O7/c1-22(2)36(51-45(57)60-6)43(55)54-35(20-32-23(3)39(32)54)41-48-33-17-14-28-18-27(13-16-31(28)38(33)50-41)25-8-10-26(11-9-25)34-21-47-42(49-34)40-29-12-15-30(19-29)53(40)44(56)37(24(4)59-5)52-46(58)61-7/h8-11,13-14,16-18,21-24,29-30,32,35-37,39-40H,12,15,19-20H2,1-7H3,(H,47,49)(H,48,50)(H,51,57)(H,52,58)/t23-,24-,29+,30-,32+,35+,36+,37+,39-,40+/m1/s1. The number of alkyl carbamates (subject to hydrolysis) is 2. The average Bonchev–Trinajstić information content (AvgIpc) is 4.00. The maximum Gasteiger partial charge on any atom is 0.407 e. The number of imidazole rings is 2. The van der Waals surface area contributed by atoms with Crippen molar-refractivity contribution in [3.8, 4) is 22.4 Å². The molecule has 0 radical (unpaired) electrons. The molecule has 4 aliphatic rings. The number of fused-ring (bicyclic) bond motifs is 6. The molecule has 2 bridgehead atoms. The van der Waals surface area contributed by atoms with Crippen LogP contribution >= 0.6 is 0 Å². The monoisotopic (exact) mass is 830 g/mol. The van der Waals surface area contributed by atoms with Gasteiger partial charge in [0, 0.05) is 24.6 Å². The molecule has 2 aliphatic carbocycles. The lowest BCUT2D eigenvalue weighted by Crippen LogP contribution is -2.56. The summed E-state index contributed by atoms with van der Waals surface area (Å²) >= 11 is 0. The second-order valence-corrected chi connectivity index (χ2v) is 17.6. The molecule has 15 nitrogen and oxygen atoms in total. The number of rotatable bonds is 11. The summed E-state index contributed by atoms with van der Waals surface area (Å²) in [6, 6.07) is 17.0. The maximum atomic E-state index is 14.1. The summed E-state index contributed by atoms with van der Waals surface area (Å²) in [5.41, 5.74) is 5.72. The summed E-state index contributed by atoms with van der Waals surface area (Å²) in [4.78, 5) is 73.4. The number of nitrogens with zero attached hydrogens (tertiary/aromatic N) is 4.